The number of rotatable bonds is 6. The summed E-state index contributed by atoms with van der Waals surface area (Å²) in [6.07, 6.45) is 2.78. The molecule has 0 saturated heterocycles. The number of carbonyl (C=O) groups excluding carboxylic acids is 1. The van der Waals surface area contributed by atoms with Gasteiger partial charge in [-0.2, -0.15) is 11.8 Å². The summed E-state index contributed by atoms with van der Waals surface area (Å²) in [7, 11) is 0. The zero-order valence-corrected chi connectivity index (χ0v) is 10.6. The van der Waals surface area contributed by atoms with E-state index < -0.39 is 0 Å². The van der Waals surface area contributed by atoms with Crippen molar-refractivity contribution < 1.29 is 9.53 Å². The van der Waals surface area contributed by atoms with Crippen LogP contribution in [0.1, 0.15) is 12.5 Å². The summed E-state index contributed by atoms with van der Waals surface area (Å²) in [5.41, 5.74) is 1.19. The molecule has 0 amide bonds. The van der Waals surface area contributed by atoms with Crippen LogP contribution in [-0.4, -0.2) is 24.6 Å². The van der Waals surface area contributed by atoms with Gasteiger partial charge in [-0.1, -0.05) is 30.3 Å². The summed E-state index contributed by atoms with van der Waals surface area (Å²) in [6.45, 7) is 2.30. The van der Waals surface area contributed by atoms with Gasteiger partial charge in [-0.3, -0.25) is 4.79 Å². The van der Waals surface area contributed by atoms with Gasteiger partial charge in [0.1, 0.15) is 0 Å². The second-order valence-electron chi connectivity index (χ2n) is 3.59. The van der Waals surface area contributed by atoms with Crippen molar-refractivity contribution >= 4 is 17.7 Å². The normalized spacial score (nSPS) is 12.1. The van der Waals surface area contributed by atoms with Crippen LogP contribution in [0.5, 0.6) is 0 Å². The van der Waals surface area contributed by atoms with Crippen LogP contribution in [0.25, 0.3) is 0 Å². The van der Waals surface area contributed by atoms with Gasteiger partial charge in [-0.05, 0) is 25.2 Å². The minimum absolute atomic E-state index is 0.0302. The van der Waals surface area contributed by atoms with Gasteiger partial charge in [0.2, 0.25) is 0 Å². The lowest BCUT2D eigenvalue weighted by molar-refractivity contribution is -0.147. The molecule has 0 fully saturated rings. The molecule has 1 aromatic carbocycles. The van der Waals surface area contributed by atoms with E-state index in [4.69, 9.17) is 4.74 Å². The fourth-order valence-corrected chi connectivity index (χ4v) is 2.23. The number of esters is 1. The number of ether oxygens (including phenoxy) is 1. The Labute approximate surface area is 101 Å². The van der Waals surface area contributed by atoms with Gasteiger partial charge in [0.15, 0.2) is 0 Å². The SMILES string of the molecule is CCOC(=O)C(CSC)Cc1ccccc1. The van der Waals surface area contributed by atoms with Crippen LogP contribution in [0.3, 0.4) is 0 Å². The maximum absolute atomic E-state index is 11.7. The lowest BCUT2D eigenvalue weighted by atomic mass is 10.0. The minimum atomic E-state index is -0.0827. The maximum Gasteiger partial charge on any atom is 0.310 e. The van der Waals surface area contributed by atoms with Gasteiger partial charge in [0.05, 0.1) is 12.5 Å². The van der Waals surface area contributed by atoms with Gasteiger partial charge in [0.25, 0.3) is 0 Å². The molecular formula is C13H18O2S. The molecule has 2 nitrogen and oxygen atoms in total. The first kappa shape index (κ1) is 13.1. The Morgan fingerprint density at radius 2 is 2.06 bits per heavy atom. The van der Waals surface area contributed by atoms with Crippen molar-refractivity contribution in [3.05, 3.63) is 35.9 Å². The lowest BCUT2D eigenvalue weighted by Gasteiger charge is -2.14. The second-order valence-corrected chi connectivity index (χ2v) is 4.50. The van der Waals surface area contributed by atoms with E-state index in [1.54, 1.807) is 11.8 Å². The highest BCUT2D eigenvalue weighted by atomic mass is 32.2. The fraction of sp³-hybridized carbons (Fsp3) is 0.462. The average molecular weight is 238 g/mol. The van der Waals surface area contributed by atoms with Gasteiger partial charge < -0.3 is 4.74 Å². The van der Waals surface area contributed by atoms with E-state index in [2.05, 4.69) is 0 Å². The molecule has 0 bridgehead atoms. The molecule has 0 aliphatic carbocycles. The van der Waals surface area contributed by atoms with E-state index in [0.29, 0.717) is 6.61 Å². The summed E-state index contributed by atoms with van der Waals surface area (Å²) in [5, 5.41) is 0. The smallest absolute Gasteiger partial charge is 0.310 e. The van der Waals surface area contributed by atoms with Crippen molar-refractivity contribution in [3.63, 3.8) is 0 Å². The van der Waals surface area contributed by atoms with Crippen molar-refractivity contribution in [1.29, 1.82) is 0 Å². The van der Waals surface area contributed by atoms with E-state index in [0.717, 1.165) is 12.2 Å². The molecule has 0 N–H and O–H groups in total. The number of carbonyl (C=O) groups is 1. The Morgan fingerprint density at radius 1 is 1.38 bits per heavy atom. The highest BCUT2D eigenvalue weighted by Gasteiger charge is 2.19. The number of hydrogen-bond donors (Lipinski definition) is 0. The van der Waals surface area contributed by atoms with Crippen LogP contribution in [-0.2, 0) is 16.0 Å². The molecule has 0 aliphatic rings. The van der Waals surface area contributed by atoms with Crippen LogP contribution >= 0.6 is 11.8 Å². The van der Waals surface area contributed by atoms with Crippen LogP contribution < -0.4 is 0 Å². The van der Waals surface area contributed by atoms with E-state index in [1.165, 1.54) is 5.56 Å². The van der Waals surface area contributed by atoms with Gasteiger partial charge in [-0.15, -0.1) is 0 Å². The fourth-order valence-electron chi connectivity index (χ4n) is 1.57. The van der Waals surface area contributed by atoms with Crippen molar-refractivity contribution in [2.75, 3.05) is 18.6 Å². The third-order valence-corrected chi connectivity index (χ3v) is 3.05. The molecule has 0 heterocycles. The van der Waals surface area contributed by atoms with Crippen molar-refractivity contribution in [2.45, 2.75) is 13.3 Å². The molecule has 0 spiro atoms. The summed E-state index contributed by atoms with van der Waals surface area (Å²) in [6, 6.07) is 10.1. The van der Waals surface area contributed by atoms with Crippen LogP contribution in [0, 0.1) is 5.92 Å². The summed E-state index contributed by atoms with van der Waals surface area (Å²) < 4.78 is 5.08. The predicted octanol–water partition coefficient (Wildman–Crippen LogP) is 2.77. The van der Waals surface area contributed by atoms with Crippen molar-refractivity contribution in [3.8, 4) is 0 Å². The maximum atomic E-state index is 11.7. The molecule has 88 valence electrons. The molecule has 0 aliphatic heterocycles. The quantitative estimate of drug-likeness (QED) is 0.713. The Kier molecular flexibility index (Phi) is 6.01. The Bertz CT molecular complexity index is 311. The summed E-state index contributed by atoms with van der Waals surface area (Å²) >= 11 is 1.68. The molecule has 1 rings (SSSR count). The molecule has 0 aromatic heterocycles. The van der Waals surface area contributed by atoms with Gasteiger partial charge >= 0.3 is 5.97 Å². The summed E-state index contributed by atoms with van der Waals surface area (Å²) in [4.78, 5) is 11.7. The van der Waals surface area contributed by atoms with Crippen LogP contribution in [0.4, 0.5) is 0 Å². The van der Waals surface area contributed by atoms with E-state index in [-0.39, 0.29) is 11.9 Å². The Balaban J connectivity index is 2.60. The Hall–Kier alpha value is -0.960. The zero-order valence-electron chi connectivity index (χ0n) is 9.81. The Morgan fingerprint density at radius 3 is 2.62 bits per heavy atom. The molecular weight excluding hydrogens is 220 g/mol. The molecule has 3 heteroatoms. The molecule has 1 aromatic rings. The highest BCUT2D eigenvalue weighted by Crippen LogP contribution is 2.14. The third-order valence-electron chi connectivity index (χ3n) is 2.31. The summed E-state index contributed by atoms with van der Waals surface area (Å²) in [5.74, 6) is 0.700. The van der Waals surface area contributed by atoms with E-state index in [1.807, 2.05) is 43.5 Å². The minimum Gasteiger partial charge on any atom is -0.466 e. The van der Waals surface area contributed by atoms with Gasteiger partial charge in [0, 0.05) is 5.75 Å². The monoisotopic (exact) mass is 238 g/mol. The largest absolute Gasteiger partial charge is 0.466 e. The first-order valence-corrected chi connectivity index (χ1v) is 6.86. The van der Waals surface area contributed by atoms with E-state index >= 15 is 0 Å². The predicted molar refractivity (Wildman–Crippen MR) is 68.7 cm³/mol. The number of benzene rings is 1. The average Bonchev–Trinajstić information content (AvgIpc) is 2.30. The van der Waals surface area contributed by atoms with Crippen LogP contribution in [0.2, 0.25) is 0 Å². The topological polar surface area (TPSA) is 26.3 Å². The molecule has 16 heavy (non-hydrogen) atoms. The molecule has 1 unspecified atom stereocenters. The van der Waals surface area contributed by atoms with E-state index in [9.17, 15) is 4.79 Å². The van der Waals surface area contributed by atoms with Gasteiger partial charge in [-0.25, -0.2) is 0 Å². The standard InChI is InChI=1S/C13H18O2S/c1-3-15-13(14)12(10-16-2)9-11-7-5-4-6-8-11/h4-8,12H,3,9-10H2,1-2H3. The first-order valence-electron chi connectivity index (χ1n) is 5.47. The number of hydrogen-bond acceptors (Lipinski definition) is 3. The highest BCUT2D eigenvalue weighted by molar-refractivity contribution is 7.98. The zero-order chi connectivity index (χ0) is 11.8. The number of thioether (sulfide) groups is 1. The van der Waals surface area contributed by atoms with Crippen molar-refractivity contribution in [1.82, 2.24) is 0 Å². The third kappa shape index (κ3) is 4.27. The molecule has 0 radical (unpaired) electrons. The van der Waals surface area contributed by atoms with Crippen LogP contribution in [0.15, 0.2) is 30.3 Å². The second kappa shape index (κ2) is 7.34. The lowest BCUT2D eigenvalue weighted by Crippen LogP contribution is -2.22. The van der Waals surface area contributed by atoms with Crippen molar-refractivity contribution in [2.24, 2.45) is 5.92 Å². The molecule has 1 atom stereocenters. The molecule has 0 saturated carbocycles. The first-order chi connectivity index (χ1) is 7.77.